The Bertz CT molecular complexity index is 488. The first kappa shape index (κ1) is 18.3. The van der Waals surface area contributed by atoms with E-state index in [1.807, 2.05) is 12.1 Å². The van der Waals surface area contributed by atoms with E-state index in [4.69, 9.17) is 4.74 Å². The van der Waals surface area contributed by atoms with Crippen LogP contribution in [0.3, 0.4) is 0 Å². The molecule has 2 rings (SSSR count). The summed E-state index contributed by atoms with van der Waals surface area (Å²) in [5.41, 5.74) is 1.32. The second-order valence-electron chi connectivity index (χ2n) is 7.21. The molecule has 2 unspecified atom stereocenters. The highest BCUT2D eigenvalue weighted by molar-refractivity contribution is 7.99. The van der Waals surface area contributed by atoms with Crippen molar-refractivity contribution in [2.45, 2.75) is 45.5 Å². The lowest BCUT2D eigenvalue weighted by Crippen LogP contribution is -2.45. The van der Waals surface area contributed by atoms with Crippen LogP contribution in [-0.2, 0) is 15.3 Å². The normalized spacial score (nSPS) is 21.9. The zero-order valence-corrected chi connectivity index (χ0v) is 15.2. The highest BCUT2D eigenvalue weighted by atomic mass is 32.2. The highest BCUT2D eigenvalue weighted by Gasteiger charge is 2.35. The molecule has 23 heavy (non-hydrogen) atoms. The number of pyridine rings is 1. The molecule has 1 aromatic heterocycles. The van der Waals surface area contributed by atoms with Gasteiger partial charge in [-0.25, -0.2) is 0 Å². The van der Waals surface area contributed by atoms with E-state index in [2.05, 4.69) is 31.1 Å². The SMILES string of the molecule is CC(C)(C)C1OCCCC1CNC(=O)CSCc1ccncc1. The lowest BCUT2D eigenvalue weighted by molar-refractivity contribution is -0.120. The number of amides is 1. The second kappa shape index (κ2) is 8.69. The van der Waals surface area contributed by atoms with Gasteiger partial charge in [0.15, 0.2) is 0 Å². The fraction of sp³-hybridized carbons (Fsp3) is 0.667. The van der Waals surface area contributed by atoms with Crippen molar-refractivity contribution in [2.75, 3.05) is 18.9 Å². The van der Waals surface area contributed by atoms with E-state index in [-0.39, 0.29) is 17.4 Å². The predicted molar refractivity (Wildman–Crippen MR) is 95.3 cm³/mol. The van der Waals surface area contributed by atoms with Crippen LogP contribution in [0.25, 0.3) is 0 Å². The summed E-state index contributed by atoms with van der Waals surface area (Å²) in [6.45, 7) is 8.19. The smallest absolute Gasteiger partial charge is 0.230 e. The maximum absolute atomic E-state index is 12.0. The highest BCUT2D eigenvalue weighted by Crippen LogP contribution is 2.33. The van der Waals surface area contributed by atoms with Crippen LogP contribution in [0.5, 0.6) is 0 Å². The van der Waals surface area contributed by atoms with Crippen LogP contribution in [0.2, 0.25) is 0 Å². The van der Waals surface area contributed by atoms with Gasteiger partial charge in [0.25, 0.3) is 0 Å². The van der Waals surface area contributed by atoms with Gasteiger partial charge in [-0.3, -0.25) is 9.78 Å². The number of ether oxygens (including phenoxy) is 1. The Morgan fingerprint density at radius 3 is 2.83 bits per heavy atom. The number of hydrogen-bond acceptors (Lipinski definition) is 4. The average Bonchev–Trinajstić information content (AvgIpc) is 2.53. The summed E-state index contributed by atoms with van der Waals surface area (Å²) in [6.07, 6.45) is 6.01. The van der Waals surface area contributed by atoms with E-state index in [1.54, 1.807) is 24.2 Å². The van der Waals surface area contributed by atoms with Crippen molar-refractivity contribution < 1.29 is 9.53 Å². The maximum Gasteiger partial charge on any atom is 0.230 e. The number of carbonyl (C=O) groups excluding carboxylic acids is 1. The molecule has 0 aliphatic carbocycles. The van der Waals surface area contributed by atoms with Crippen molar-refractivity contribution in [3.8, 4) is 0 Å². The molecule has 128 valence electrons. The van der Waals surface area contributed by atoms with Gasteiger partial charge in [0.05, 0.1) is 11.9 Å². The zero-order chi connectivity index (χ0) is 16.7. The van der Waals surface area contributed by atoms with E-state index in [9.17, 15) is 4.79 Å². The van der Waals surface area contributed by atoms with Gasteiger partial charge >= 0.3 is 0 Å². The summed E-state index contributed by atoms with van der Waals surface area (Å²) in [4.78, 5) is 16.0. The fourth-order valence-corrected chi connectivity index (χ4v) is 3.86. The molecule has 1 amide bonds. The summed E-state index contributed by atoms with van der Waals surface area (Å²) in [5.74, 6) is 1.86. The number of aromatic nitrogens is 1. The van der Waals surface area contributed by atoms with Gasteiger partial charge in [-0.1, -0.05) is 20.8 Å². The van der Waals surface area contributed by atoms with Gasteiger partial charge in [-0.2, -0.15) is 0 Å². The number of carbonyl (C=O) groups is 1. The van der Waals surface area contributed by atoms with Gasteiger partial charge in [0.2, 0.25) is 5.91 Å². The summed E-state index contributed by atoms with van der Waals surface area (Å²) < 4.78 is 5.96. The molecule has 0 bridgehead atoms. The Kier molecular flexibility index (Phi) is 6.90. The Morgan fingerprint density at radius 2 is 2.13 bits per heavy atom. The molecule has 0 radical (unpaired) electrons. The van der Waals surface area contributed by atoms with Crippen molar-refractivity contribution in [1.82, 2.24) is 10.3 Å². The molecular formula is C18H28N2O2S. The van der Waals surface area contributed by atoms with Gasteiger partial charge in [-0.05, 0) is 36.0 Å². The Hall–Kier alpha value is -1.07. The molecule has 1 aliphatic rings. The van der Waals surface area contributed by atoms with Crippen LogP contribution in [0.4, 0.5) is 0 Å². The minimum absolute atomic E-state index is 0.113. The second-order valence-corrected chi connectivity index (χ2v) is 8.20. The molecule has 0 aromatic carbocycles. The lowest BCUT2D eigenvalue weighted by Gasteiger charge is -2.40. The molecule has 1 fully saturated rings. The minimum atomic E-state index is 0.113. The number of rotatable bonds is 6. The largest absolute Gasteiger partial charge is 0.377 e. The molecule has 1 N–H and O–H groups in total. The van der Waals surface area contributed by atoms with Crippen molar-refractivity contribution in [1.29, 1.82) is 0 Å². The van der Waals surface area contributed by atoms with E-state index in [0.717, 1.165) is 31.7 Å². The van der Waals surface area contributed by atoms with Crippen molar-refractivity contribution in [3.63, 3.8) is 0 Å². The number of nitrogens with one attached hydrogen (secondary N) is 1. The monoisotopic (exact) mass is 336 g/mol. The van der Waals surface area contributed by atoms with E-state index < -0.39 is 0 Å². The van der Waals surface area contributed by atoms with Crippen LogP contribution in [0.15, 0.2) is 24.5 Å². The molecule has 2 heterocycles. The molecule has 2 atom stereocenters. The predicted octanol–water partition coefficient (Wildman–Crippen LogP) is 3.27. The summed E-state index contributed by atoms with van der Waals surface area (Å²) in [6, 6.07) is 3.97. The Balaban J connectivity index is 1.70. The maximum atomic E-state index is 12.0. The topological polar surface area (TPSA) is 51.2 Å². The van der Waals surface area contributed by atoms with Crippen molar-refractivity contribution >= 4 is 17.7 Å². The van der Waals surface area contributed by atoms with Gasteiger partial charge < -0.3 is 10.1 Å². The van der Waals surface area contributed by atoms with Crippen LogP contribution < -0.4 is 5.32 Å². The minimum Gasteiger partial charge on any atom is -0.377 e. The molecule has 5 heteroatoms. The summed E-state index contributed by atoms with van der Waals surface area (Å²) in [7, 11) is 0. The van der Waals surface area contributed by atoms with Crippen LogP contribution in [-0.4, -0.2) is 35.9 Å². The van der Waals surface area contributed by atoms with Crippen molar-refractivity contribution in [2.24, 2.45) is 11.3 Å². The number of hydrogen-bond donors (Lipinski definition) is 1. The number of thioether (sulfide) groups is 1. The Morgan fingerprint density at radius 1 is 1.39 bits per heavy atom. The lowest BCUT2D eigenvalue weighted by atomic mass is 9.78. The summed E-state index contributed by atoms with van der Waals surface area (Å²) >= 11 is 1.64. The third-order valence-electron chi connectivity index (χ3n) is 4.11. The summed E-state index contributed by atoms with van der Waals surface area (Å²) in [5, 5.41) is 3.09. The first-order valence-corrected chi connectivity index (χ1v) is 9.47. The van der Waals surface area contributed by atoms with E-state index >= 15 is 0 Å². The van der Waals surface area contributed by atoms with Crippen molar-refractivity contribution in [3.05, 3.63) is 30.1 Å². The molecule has 1 saturated heterocycles. The van der Waals surface area contributed by atoms with Gasteiger partial charge in [0.1, 0.15) is 0 Å². The van der Waals surface area contributed by atoms with Crippen LogP contribution >= 0.6 is 11.8 Å². The standard InChI is InChI=1S/C18H28N2O2S/c1-18(2,3)17-15(5-4-10-22-17)11-20-16(21)13-23-12-14-6-8-19-9-7-14/h6-9,15,17H,4-5,10-13H2,1-3H3,(H,20,21). The van der Waals surface area contributed by atoms with E-state index in [1.165, 1.54) is 5.56 Å². The van der Waals surface area contributed by atoms with Gasteiger partial charge in [0, 0.05) is 37.2 Å². The molecule has 1 aromatic rings. The molecule has 1 aliphatic heterocycles. The first-order chi connectivity index (χ1) is 11.0. The first-order valence-electron chi connectivity index (χ1n) is 8.32. The number of nitrogens with zero attached hydrogens (tertiary/aromatic N) is 1. The fourth-order valence-electron chi connectivity index (χ4n) is 3.05. The van der Waals surface area contributed by atoms with Crippen LogP contribution in [0.1, 0.15) is 39.2 Å². The zero-order valence-electron chi connectivity index (χ0n) is 14.4. The molecule has 0 spiro atoms. The third-order valence-corrected chi connectivity index (χ3v) is 5.11. The quantitative estimate of drug-likeness (QED) is 0.866. The molecular weight excluding hydrogens is 308 g/mol. The van der Waals surface area contributed by atoms with Gasteiger partial charge in [-0.15, -0.1) is 11.8 Å². The van der Waals surface area contributed by atoms with E-state index in [0.29, 0.717) is 11.7 Å². The van der Waals surface area contributed by atoms with Crippen LogP contribution in [0, 0.1) is 11.3 Å². The Labute approximate surface area is 143 Å². The third kappa shape index (κ3) is 6.15. The average molecular weight is 337 g/mol. The molecule has 0 saturated carbocycles. The molecule has 4 nitrogen and oxygen atoms in total.